The SMILES string of the molecule is C=CCC(=O)NOC(C)=O. The van der Waals surface area contributed by atoms with Crippen molar-refractivity contribution in [2.75, 3.05) is 0 Å². The maximum atomic E-state index is 10.5. The summed E-state index contributed by atoms with van der Waals surface area (Å²) in [6.07, 6.45) is 1.56. The molecule has 0 saturated carbocycles. The van der Waals surface area contributed by atoms with Crippen molar-refractivity contribution in [3.8, 4) is 0 Å². The van der Waals surface area contributed by atoms with Crippen molar-refractivity contribution in [2.45, 2.75) is 13.3 Å². The fourth-order valence-electron chi connectivity index (χ4n) is 0.302. The van der Waals surface area contributed by atoms with E-state index in [4.69, 9.17) is 0 Å². The molecule has 4 heteroatoms. The number of carbonyl (C=O) groups is 2. The first-order valence-corrected chi connectivity index (χ1v) is 2.74. The molecule has 56 valence electrons. The van der Waals surface area contributed by atoms with E-state index in [-0.39, 0.29) is 12.3 Å². The van der Waals surface area contributed by atoms with Gasteiger partial charge in [0.05, 0.1) is 0 Å². The topological polar surface area (TPSA) is 55.4 Å². The van der Waals surface area contributed by atoms with Crippen LogP contribution in [0.1, 0.15) is 13.3 Å². The number of hydrogen-bond acceptors (Lipinski definition) is 3. The van der Waals surface area contributed by atoms with Crippen molar-refractivity contribution in [3.63, 3.8) is 0 Å². The quantitative estimate of drug-likeness (QED) is 0.442. The molecule has 0 spiro atoms. The van der Waals surface area contributed by atoms with Gasteiger partial charge in [-0.3, -0.25) is 9.59 Å². The molecule has 0 saturated heterocycles. The lowest BCUT2D eigenvalue weighted by Crippen LogP contribution is -2.24. The van der Waals surface area contributed by atoms with Crippen LogP contribution in [0.3, 0.4) is 0 Å². The summed E-state index contributed by atoms with van der Waals surface area (Å²) in [6, 6.07) is 0. The third kappa shape index (κ3) is 4.83. The zero-order chi connectivity index (χ0) is 7.98. The maximum absolute atomic E-state index is 10.5. The van der Waals surface area contributed by atoms with Gasteiger partial charge in [-0.2, -0.15) is 5.48 Å². The molecule has 0 aromatic rings. The van der Waals surface area contributed by atoms with E-state index in [9.17, 15) is 9.59 Å². The lowest BCUT2D eigenvalue weighted by atomic mass is 10.4. The molecule has 4 nitrogen and oxygen atoms in total. The van der Waals surface area contributed by atoms with Gasteiger partial charge < -0.3 is 4.84 Å². The highest BCUT2D eigenvalue weighted by Gasteiger charge is 1.97. The van der Waals surface area contributed by atoms with E-state index in [0.717, 1.165) is 0 Å². The maximum Gasteiger partial charge on any atom is 0.329 e. The van der Waals surface area contributed by atoms with Crippen LogP contribution in [0.15, 0.2) is 12.7 Å². The normalized spacial score (nSPS) is 8.10. The predicted molar refractivity (Wildman–Crippen MR) is 34.7 cm³/mol. The van der Waals surface area contributed by atoms with Crippen molar-refractivity contribution < 1.29 is 14.4 Å². The highest BCUT2D eigenvalue weighted by Crippen LogP contribution is 1.79. The molecule has 0 aliphatic rings. The molecule has 0 aliphatic heterocycles. The molecule has 1 amide bonds. The molecule has 0 rings (SSSR count). The van der Waals surface area contributed by atoms with Crippen LogP contribution in [-0.4, -0.2) is 11.9 Å². The third-order valence-electron chi connectivity index (χ3n) is 0.638. The standard InChI is InChI=1S/C6H9NO3/c1-3-4-6(9)7-10-5(2)8/h3H,1,4H2,2H3,(H,7,9). The Balaban J connectivity index is 3.39. The van der Waals surface area contributed by atoms with Gasteiger partial charge in [0.15, 0.2) is 0 Å². The van der Waals surface area contributed by atoms with E-state index < -0.39 is 5.97 Å². The molecule has 0 heterocycles. The van der Waals surface area contributed by atoms with Crippen LogP contribution < -0.4 is 5.48 Å². The predicted octanol–water partition coefficient (Wildman–Crippen LogP) is 0.157. The molecule has 0 unspecified atom stereocenters. The lowest BCUT2D eigenvalue weighted by Gasteiger charge is -1.99. The van der Waals surface area contributed by atoms with E-state index in [2.05, 4.69) is 11.4 Å². The highest BCUT2D eigenvalue weighted by molar-refractivity contribution is 5.78. The Bertz CT molecular complexity index is 153. The van der Waals surface area contributed by atoms with Gasteiger partial charge in [0.1, 0.15) is 0 Å². The summed E-state index contributed by atoms with van der Waals surface area (Å²) in [5, 5.41) is 0. The zero-order valence-electron chi connectivity index (χ0n) is 5.72. The second-order valence-corrected chi connectivity index (χ2v) is 1.61. The molecule has 0 bridgehead atoms. The summed E-state index contributed by atoms with van der Waals surface area (Å²) < 4.78 is 0. The second kappa shape index (κ2) is 4.55. The van der Waals surface area contributed by atoms with Gasteiger partial charge in [0.25, 0.3) is 5.91 Å². The Morgan fingerprint density at radius 2 is 2.30 bits per heavy atom. The summed E-state index contributed by atoms with van der Waals surface area (Å²) in [7, 11) is 0. The average Bonchev–Trinajstić information content (AvgIpc) is 1.85. The minimum atomic E-state index is -0.544. The van der Waals surface area contributed by atoms with Crippen molar-refractivity contribution in [3.05, 3.63) is 12.7 Å². The molecule has 0 fully saturated rings. The summed E-state index contributed by atoms with van der Waals surface area (Å²) in [5.74, 6) is -0.928. The van der Waals surface area contributed by atoms with E-state index in [0.29, 0.717) is 0 Å². The Labute approximate surface area is 58.8 Å². The van der Waals surface area contributed by atoms with Gasteiger partial charge >= 0.3 is 5.97 Å². The lowest BCUT2D eigenvalue weighted by molar-refractivity contribution is -0.155. The van der Waals surface area contributed by atoms with Gasteiger partial charge in [-0.25, -0.2) is 0 Å². The number of amides is 1. The largest absolute Gasteiger partial charge is 0.341 e. The minimum absolute atomic E-state index is 0.146. The summed E-state index contributed by atoms with van der Waals surface area (Å²) in [4.78, 5) is 24.7. The van der Waals surface area contributed by atoms with Crippen molar-refractivity contribution in [2.24, 2.45) is 0 Å². The number of rotatable bonds is 2. The Hall–Kier alpha value is -1.32. The average molecular weight is 143 g/mol. The van der Waals surface area contributed by atoms with E-state index in [1.807, 2.05) is 5.48 Å². The number of nitrogens with one attached hydrogen (secondary N) is 1. The molecule has 0 aromatic carbocycles. The summed E-state index contributed by atoms with van der Waals surface area (Å²) in [5.41, 5.74) is 1.92. The first kappa shape index (κ1) is 8.68. The molecular weight excluding hydrogens is 134 g/mol. The molecule has 0 atom stereocenters. The third-order valence-corrected chi connectivity index (χ3v) is 0.638. The number of hydroxylamine groups is 1. The fraction of sp³-hybridized carbons (Fsp3) is 0.333. The van der Waals surface area contributed by atoms with Crippen LogP contribution in [0.2, 0.25) is 0 Å². The summed E-state index contributed by atoms with van der Waals surface area (Å²) >= 11 is 0. The molecule has 10 heavy (non-hydrogen) atoms. The van der Waals surface area contributed by atoms with Crippen LogP contribution in [0, 0.1) is 0 Å². The molecule has 0 aromatic heterocycles. The number of carbonyl (C=O) groups excluding carboxylic acids is 2. The van der Waals surface area contributed by atoms with E-state index >= 15 is 0 Å². The van der Waals surface area contributed by atoms with Crippen LogP contribution >= 0.6 is 0 Å². The Morgan fingerprint density at radius 3 is 2.70 bits per heavy atom. The van der Waals surface area contributed by atoms with Gasteiger partial charge in [-0.05, 0) is 0 Å². The monoisotopic (exact) mass is 143 g/mol. The van der Waals surface area contributed by atoms with Crippen LogP contribution in [0.4, 0.5) is 0 Å². The molecule has 0 aliphatic carbocycles. The Morgan fingerprint density at radius 1 is 1.70 bits per heavy atom. The van der Waals surface area contributed by atoms with Crippen molar-refractivity contribution in [1.82, 2.24) is 5.48 Å². The highest BCUT2D eigenvalue weighted by atomic mass is 16.7. The summed E-state index contributed by atoms with van der Waals surface area (Å²) in [6.45, 7) is 4.53. The van der Waals surface area contributed by atoms with Gasteiger partial charge in [0, 0.05) is 13.3 Å². The fourth-order valence-corrected chi connectivity index (χ4v) is 0.302. The number of hydrogen-bond donors (Lipinski definition) is 1. The zero-order valence-corrected chi connectivity index (χ0v) is 5.72. The van der Waals surface area contributed by atoms with Gasteiger partial charge in [-0.1, -0.05) is 6.08 Å². The van der Waals surface area contributed by atoms with Crippen LogP contribution in [0.5, 0.6) is 0 Å². The van der Waals surface area contributed by atoms with Crippen LogP contribution in [-0.2, 0) is 14.4 Å². The minimum Gasteiger partial charge on any atom is -0.341 e. The van der Waals surface area contributed by atoms with E-state index in [1.54, 1.807) is 0 Å². The van der Waals surface area contributed by atoms with Gasteiger partial charge in [0.2, 0.25) is 0 Å². The first-order chi connectivity index (χ1) is 4.66. The molecular formula is C6H9NO3. The first-order valence-electron chi connectivity index (χ1n) is 2.74. The van der Waals surface area contributed by atoms with Crippen molar-refractivity contribution >= 4 is 11.9 Å². The molecule has 0 radical (unpaired) electrons. The van der Waals surface area contributed by atoms with Crippen molar-refractivity contribution in [1.29, 1.82) is 0 Å². The van der Waals surface area contributed by atoms with E-state index in [1.165, 1.54) is 13.0 Å². The molecule has 1 N–H and O–H groups in total. The second-order valence-electron chi connectivity index (χ2n) is 1.61. The smallest absolute Gasteiger partial charge is 0.329 e. The van der Waals surface area contributed by atoms with Crippen LogP contribution in [0.25, 0.3) is 0 Å². The Kier molecular flexibility index (Phi) is 3.95. The van der Waals surface area contributed by atoms with Gasteiger partial charge in [-0.15, -0.1) is 6.58 Å².